The molecule has 0 unspecified atom stereocenters. The minimum absolute atomic E-state index is 0.0271. The maximum atomic E-state index is 11.5. The van der Waals surface area contributed by atoms with Crippen molar-refractivity contribution >= 4 is 17.8 Å². The molecule has 1 fully saturated rings. The highest BCUT2D eigenvalue weighted by Crippen LogP contribution is 2.08. The number of hydrogen-bond donors (Lipinski definition) is 4. The van der Waals surface area contributed by atoms with Crippen LogP contribution in [0.5, 0.6) is 0 Å². The van der Waals surface area contributed by atoms with Gasteiger partial charge in [-0.3, -0.25) is 9.59 Å². The molecule has 1 rings (SSSR count). The van der Waals surface area contributed by atoms with Gasteiger partial charge in [0.1, 0.15) is 6.04 Å². The van der Waals surface area contributed by atoms with E-state index in [-0.39, 0.29) is 24.7 Å². The third kappa shape index (κ3) is 4.81. The third-order valence-electron chi connectivity index (χ3n) is 2.65. The molecule has 7 nitrogen and oxygen atoms in total. The zero-order valence-electron chi connectivity index (χ0n) is 9.44. The van der Waals surface area contributed by atoms with Crippen LogP contribution in [-0.4, -0.2) is 42.0 Å². The van der Waals surface area contributed by atoms with E-state index in [2.05, 4.69) is 10.6 Å². The van der Waals surface area contributed by atoms with Crippen LogP contribution in [0.25, 0.3) is 0 Å². The summed E-state index contributed by atoms with van der Waals surface area (Å²) >= 11 is 0. The quantitative estimate of drug-likeness (QED) is 0.430. The zero-order chi connectivity index (χ0) is 12.8. The minimum Gasteiger partial charge on any atom is -0.480 e. The molecular formula is C10H17N3O4. The Hall–Kier alpha value is -1.63. The molecule has 1 aliphatic heterocycles. The van der Waals surface area contributed by atoms with E-state index in [1.807, 2.05) is 0 Å². The fourth-order valence-electron chi connectivity index (χ4n) is 1.55. The number of carbonyl (C=O) groups excluding carboxylic acids is 2. The van der Waals surface area contributed by atoms with E-state index >= 15 is 0 Å². The van der Waals surface area contributed by atoms with Gasteiger partial charge in [-0.1, -0.05) is 0 Å². The molecule has 1 saturated heterocycles. The van der Waals surface area contributed by atoms with Gasteiger partial charge in [-0.05, 0) is 25.4 Å². The largest absolute Gasteiger partial charge is 0.480 e. The maximum Gasteiger partial charge on any atom is 0.326 e. The van der Waals surface area contributed by atoms with Gasteiger partial charge in [-0.25, -0.2) is 4.79 Å². The first-order valence-electron chi connectivity index (χ1n) is 5.50. The summed E-state index contributed by atoms with van der Waals surface area (Å²) in [5, 5.41) is 14.3. The SMILES string of the molecule is NC(=O)CC[C@@H](NC(=O)CC1CNC1)C(=O)O. The van der Waals surface area contributed by atoms with Crippen LogP contribution in [0.15, 0.2) is 0 Å². The molecule has 0 aromatic carbocycles. The van der Waals surface area contributed by atoms with Crippen LogP contribution < -0.4 is 16.4 Å². The first-order valence-corrected chi connectivity index (χ1v) is 5.50. The molecule has 0 bridgehead atoms. The molecule has 1 heterocycles. The van der Waals surface area contributed by atoms with Gasteiger partial charge in [0.25, 0.3) is 0 Å². The number of carbonyl (C=O) groups is 3. The van der Waals surface area contributed by atoms with Crippen LogP contribution in [-0.2, 0) is 14.4 Å². The number of carboxylic acids is 1. The topological polar surface area (TPSA) is 122 Å². The van der Waals surface area contributed by atoms with Crippen molar-refractivity contribution in [1.29, 1.82) is 0 Å². The molecule has 7 heteroatoms. The Morgan fingerprint density at radius 3 is 2.47 bits per heavy atom. The van der Waals surface area contributed by atoms with Gasteiger partial charge < -0.3 is 21.5 Å². The second kappa shape index (κ2) is 6.19. The van der Waals surface area contributed by atoms with Crippen molar-refractivity contribution in [3.8, 4) is 0 Å². The van der Waals surface area contributed by atoms with E-state index in [4.69, 9.17) is 10.8 Å². The van der Waals surface area contributed by atoms with Crippen LogP contribution in [0.2, 0.25) is 0 Å². The molecule has 2 amide bonds. The molecule has 0 aliphatic carbocycles. The normalized spacial score (nSPS) is 16.9. The Kier molecular flexibility index (Phi) is 4.89. The molecule has 0 radical (unpaired) electrons. The van der Waals surface area contributed by atoms with Crippen LogP contribution >= 0.6 is 0 Å². The standard InChI is InChI=1S/C10H17N3O4/c11-8(14)2-1-7(10(16)17)13-9(15)3-6-4-12-5-6/h6-7,12H,1-5H2,(H2,11,14)(H,13,15)(H,16,17)/t7-/m1/s1. The summed E-state index contributed by atoms with van der Waals surface area (Å²) in [5.74, 6) is -1.74. The molecule has 1 aliphatic rings. The molecule has 17 heavy (non-hydrogen) atoms. The van der Waals surface area contributed by atoms with Gasteiger partial charge in [0.05, 0.1) is 0 Å². The number of nitrogens with two attached hydrogens (primary N) is 1. The van der Waals surface area contributed by atoms with Crippen LogP contribution in [0, 0.1) is 5.92 Å². The van der Waals surface area contributed by atoms with E-state index in [1.165, 1.54) is 0 Å². The molecular weight excluding hydrogens is 226 g/mol. The summed E-state index contributed by atoms with van der Waals surface area (Å²) in [4.78, 5) is 32.9. The number of carboxylic acid groups (broad SMARTS) is 1. The van der Waals surface area contributed by atoms with E-state index in [1.54, 1.807) is 0 Å². The highest BCUT2D eigenvalue weighted by atomic mass is 16.4. The number of primary amides is 1. The first kappa shape index (κ1) is 13.4. The highest BCUT2D eigenvalue weighted by Gasteiger charge is 2.24. The molecule has 5 N–H and O–H groups in total. The Bertz CT molecular complexity index is 315. The molecule has 0 saturated carbocycles. The smallest absolute Gasteiger partial charge is 0.326 e. The molecule has 96 valence electrons. The second-order valence-corrected chi connectivity index (χ2v) is 4.19. The number of hydrogen-bond acceptors (Lipinski definition) is 4. The van der Waals surface area contributed by atoms with Crippen molar-refractivity contribution in [3.63, 3.8) is 0 Å². The van der Waals surface area contributed by atoms with Crippen molar-refractivity contribution in [2.75, 3.05) is 13.1 Å². The number of rotatable bonds is 7. The zero-order valence-corrected chi connectivity index (χ0v) is 9.44. The predicted octanol–water partition coefficient (Wildman–Crippen LogP) is -1.57. The van der Waals surface area contributed by atoms with Gasteiger partial charge in [-0.15, -0.1) is 0 Å². The van der Waals surface area contributed by atoms with Gasteiger partial charge in [-0.2, -0.15) is 0 Å². The van der Waals surface area contributed by atoms with Crippen molar-refractivity contribution < 1.29 is 19.5 Å². The lowest BCUT2D eigenvalue weighted by atomic mass is 9.98. The third-order valence-corrected chi connectivity index (χ3v) is 2.65. The monoisotopic (exact) mass is 243 g/mol. The Morgan fingerprint density at radius 2 is 2.06 bits per heavy atom. The lowest BCUT2D eigenvalue weighted by Gasteiger charge is -2.26. The summed E-state index contributed by atoms with van der Waals surface area (Å²) in [6, 6.07) is -1.04. The molecule has 0 aromatic heterocycles. The van der Waals surface area contributed by atoms with Crippen LogP contribution in [0.4, 0.5) is 0 Å². The van der Waals surface area contributed by atoms with Crippen molar-refractivity contribution in [2.24, 2.45) is 11.7 Å². The number of nitrogens with one attached hydrogen (secondary N) is 2. The Balaban J connectivity index is 2.33. The van der Waals surface area contributed by atoms with Crippen molar-refractivity contribution in [1.82, 2.24) is 10.6 Å². The van der Waals surface area contributed by atoms with E-state index < -0.39 is 17.9 Å². The minimum atomic E-state index is -1.15. The fraction of sp³-hybridized carbons (Fsp3) is 0.700. The summed E-state index contributed by atoms with van der Waals surface area (Å²) in [5.41, 5.74) is 4.93. The average Bonchev–Trinajstić information content (AvgIpc) is 2.17. The lowest BCUT2D eigenvalue weighted by Crippen LogP contribution is -2.47. The maximum absolute atomic E-state index is 11.5. The Labute approximate surface area is 98.7 Å². The fourth-order valence-corrected chi connectivity index (χ4v) is 1.55. The van der Waals surface area contributed by atoms with Crippen molar-refractivity contribution in [3.05, 3.63) is 0 Å². The molecule has 1 atom stereocenters. The number of aliphatic carboxylic acids is 1. The Morgan fingerprint density at radius 1 is 1.41 bits per heavy atom. The molecule has 0 aromatic rings. The summed E-state index contributed by atoms with van der Waals surface area (Å²) < 4.78 is 0. The summed E-state index contributed by atoms with van der Waals surface area (Å²) in [6.07, 6.45) is 0.287. The van der Waals surface area contributed by atoms with Gasteiger partial charge in [0.2, 0.25) is 11.8 Å². The van der Waals surface area contributed by atoms with Crippen molar-refractivity contribution in [2.45, 2.75) is 25.3 Å². The summed E-state index contributed by atoms with van der Waals surface area (Å²) in [6.45, 7) is 1.57. The van der Waals surface area contributed by atoms with Crippen LogP contribution in [0.1, 0.15) is 19.3 Å². The first-order chi connectivity index (χ1) is 7.99. The number of amides is 2. The van der Waals surface area contributed by atoms with E-state index in [0.29, 0.717) is 6.42 Å². The van der Waals surface area contributed by atoms with E-state index in [9.17, 15) is 14.4 Å². The second-order valence-electron chi connectivity index (χ2n) is 4.19. The van der Waals surface area contributed by atoms with Gasteiger partial charge in [0, 0.05) is 12.8 Å². The average molecular weight is 243 g/mol. The molecule has 0 spiro atoms. The van der Waals surface area contributed by atoms with Gasteiger partial charge in [0.15, 0.2) is 0 Å². The highest BCUT2D eigenvalue weighted by molar-refractivity contribution is 5.84. The summed E-state index contributed by atoms with van der Waals surface area (Å²) in [7, 11) is 0. The van der Waals surface area contributed by atoms with Crippen LogP contribution in [0.3, 0.4) is 0 Å². The van der Waals surface area contributed by atoms with E-state index in [0.717, 1.165) is 13.1 Å². The lowest BCUT2D eigenvalue weighted by molar-refractivity contribution is -0.142. The predicted molar refractivity (Wildman–Crippen MR) is 59.0 cm³/mol. The van der Waals surface area contributed by atoms with Gasteiger partial charge >= 0.3 is 5.97 Å².